The zero-order valence-corrected chi connectivity index (χ0v) is 24.5. The van der Waals surface area contributed by atoms with E-state index in [1.807, 2.05) is 35.2 Å². The number of ether oxygens (including phenoxy) is 3. The molecule has 2 saturated heterocycles. The van der Waals surface area contributed by atoms with Crippen molar-refractivity contribution >= 4 is 23.5 Å². The summed E-state index contributed by atoms with van der Waals surface area (Å²) >= 11 is 0. The Labute approximate surface area is 251 Å². The molecule has 12 nitrogen and oxygen atoms in total. The van der Waals surface area contributed by atoms with Gasteiger partial charge in [0, 0.05) is 19.5 Å². The van der Waals surface area contributed by atoms with Gasteiger partial charge in [-0.05, 0) is 36.6 Å². The van der Waals surface area contributed by atoms with Gasteiger partial charge in [0.05, 0.1) is 46.1 Å². The topological polar surface area (TPSA) is 159 Å². The van der Waals surface area contributed by atoms with Gasteiger partial charge < -0.3 is 35.3 Å². The van der Waals surface area contributed by atoms with Gasteiger partial charge in [-0.25, -0.2) is 0 Å². The summed E-state index contributed by atoms with van der Waals surface area (Å²) in [5.74, 6) is -1.38. The Hall–Kier alpha value is -3.84. The lowest BCUT2D eigenvalue weighted by molar-refractivity contribution is -0.135. The van der Waals surface area contributed by atoms with Gasteiger partial charge in [-0.1, -0.05) is 42.5 Å². The van der Waals surface area contributed by atoms with Crippen LogP contribution in [0.15, 0.2) is 54.6 Å². The summed E-state index contributed by atoms with van der Waals surface area (Å²) in [6, 6.07) is 13.0. The van der Waals surface area contributed by atoms with Gasteiger partial charge >= 0.3 is 0 Å². The number of ketones is 1. The van der Waals surface area contributed by atoms with Crippen LogP contribution in [0.25, 0.3) is 0 Å². The van der Waals surface area contributed by atoms with Crippen LogP contribution in [-0.2, 0) is 41.5 Å². The Bertz CT molecular complexity index is 1250. The molecule has 2 aromatic rings. The number of Topliss-reactive ketones (excluding diaryl/α,β-unsaturated/α-hetero) is 1. The Balaban J connectivity index is 1.49. The van der Waals surface area contributed by atoms with Crippen LogP contribution in [0.4, 0.5) is 0 Å². The molecule has 2 aromatic carbocycles. The molecule has 0 saturated carbocycles. The summed E-state index contributed by atoms with van der Waals surface area (Å²) in [5, 5.41) is 18.0. The molecule has 0 aromatic heterocycles. The highest BCUT2D eigenvalue weighted by atomic mass is 16.6. The first-order valence-corrected chi connectivity index (χ1v) is 14.4. The maximum atomic E-state index is 13.7. The number of methoxy groups -OCH3 is 1. The highest BCUT2D eigenvalue weighted by molar-refractivity contribution is 5.98. The van der Waals surface area contributed by atoms with Crippen molar-refractivity contribution in [3.05, 3.63) is 65.7 Å². The molecule has 4 atom stereocenters. The highest BCUT2D eigenvalue weighted by Crippen LogP contribution is 2.29. The molecule has 3 amide bonds. The predicted octanol–water partition coefficient (Wildman–Crippen LogP) is -0.383. The summed E-state index contributed by atoms with van der Waals surface area (Å²) < 4.78 is 15.9. The van der Waals surface area contributed by atoms with E-state index in [1.165, 1.54) is 0 Å². The molecular weight excluding hydrogens is 556 g/mol. The van der Waals surface area contributed by atoms with Gasteiger partial charge in [-0.15, -0.1) is 0 Å². The number of nitrogens with one attached hydrogen (secondary N) is 3. The molecule has 0 spiro atoms. The SMILES string of the molecule is COc1ccc(C[C@H](NC(=O)[C@@H](CO)NC(=O)CN2CCOCC2)C(=O)N[C@@H](Cc2ccccc2)C(=O)[C@@]2(C)CO2)cc1. The molecule has 4 rings (SSSR count). The van der Waals surface area contributed by atoms with Crippen LogP contribution in [-0.4, -0.2) is 110 Å². The fourth-order valence-electron chi connectivity index (χ4n) is 4.83. The third-order valence-electron chi connectivity index (χ3n) is 7.55. The number of nitrogens with zero attached hydrogens (tertiary/aromatic N) is 1. The molecule has 0 radical (unpaired) electrons. The molecule has 12 heteroatoms. The number of carbonyl (C=O) groups is 4. The van der Waals surface area contributed by atoms with E-state index in [-0.39, 0.29) is 31.8 Å². The van der Waals surface area contributed by atoms with Crippen LogP contribution in [0.5, 0.6) is 5.75 Å². The number of morpholine rings is 1. The fourth-order valence-corrected chi connectivity index (χ4v) is 4.83. The van der Waals surface area contributed by atoms with Crippen LogP contribution >= 0.6 is 0 Å². The van der Waals surface area contributed by atoms with Crippen molar-refractivity contribution in [3.8, 4) is 5.75 Å². The number of amides is 3. The van der Waals surface area contributed by atoms with Crippen molar-refractivity contribution in [2.24, 2.45) is 0 Å². The standard InChI is InChI=1S/C31H40N4O8/c1-31(20-43-31)28(38)24(16-21-6-4-3-5-7-21)33-29(39)25(17-22-8-10-23(41-2)11-9-22)34-30(40)26(19-36)32-27(37)18-35-12-14-42-15-13-35/h3-11,24-26,36H,12-20H2,1-2H3,(H,32,37)(H,33,39)(H,34,40)/t24-,25-,26+,31+/m0/s1. The monoisotopic (exact) mass is 596 g/mol. The van der Waals surface area contributed by atoms with E-state index in [9.17, 15) is 24.3 Å². The molecule has 2 fully saturated rings. The van der Waals surface area contributed by atoms with Crippen LogP contribution in [0, 0.1) is 0 Å². The highest BCUT2D eigenvalue weighted by Gasteiger charge is 2.50. The predicted molar refractivity (Wildman–Crippen MR) is 156 cm³/mol. The van der Waals surface area contributed by atoms with Crippen molar-refractivity contribution in [3.63, 3.8) is 0 Å². The lowest BCUT2D eigenvalue weighted by Gasteiger charge is -2.27. The lowest BCUT2D eigenvalue weighted by atomic mass is 9.94. The van der Waals surface area contributed by atoms with E-state index in [2.05, 4.69) is 16.0 Å². The molecule has 2 aliphatic rings. The Morgan fingerprint density at radius 1 is 0.884 bits per heavy atom. The largest absolute Gasteiger partial charge is 0.497 e. The zero-order valence-electron chi connectivity index (χ0n) is 24.5. The summed E-state index contributed by atoms with van der Waals surface area (Å²) in [7, 11) is 1.54. The van der Waals surface area contributed by atoms with Crippen molar-refractivity contribution in [2.75, 3.05) is 53.2 Å². The average molecular weight is 597 g/mol. The smallest absolute Gasteiger partial charge is 0.245 e. The minimum absolute atomic E-state index is 0.0486. The van der Waals surface area contributed by atoms with Gasteiger partial charge in [-0.3, -0.25) is 24.1 Å². The van der Waals surface area contributed by atoms with Gasteiger partial charge in [0.1, 0.15) is 23.4 Å². The lowest BCUT2D eigenvalue weighted by Crippen LogP contribution is -2.58. The van der Waals surface area contributed by atoms with E-state index < -0.39 is 48.1 Å². The minimum Gasteiger partial charge on any atom is -0.497 e. The molecule has 0 bridgehead atoms. The first-order chi connectivity index (χ1) is 20.7. The van der Waals surface area contributed by atoms with Gasteiger partial charge in [-0.2, -0.15) is 0 Å². The van der Waals surface area contributed by atoms with Crippen molar-refractivity contribution in [1.82, 2.24) is 20.9 Å². The summed E-state index contributed by atoms with van der Waals surface area (Å²) in [5.41, 5.74) is 0.597. The average Bonchev–Trinajstić information content (AvgIpc) is 3.78. The molecule has 0 aliphatic carbocycles. The maximum Gasteiger partial charge on any atom is 0.245 e. The summed E-state index contributed by atoms with van der Waals surface area (Å²) in [6.45, 7) is 3.52. The summed E-state index contributed by atoms with van der Waals surface area (Å²) in [6.07, 6.45) is 0.325. The molecule has 43 heavy (non-hydrogen) atoms. The molecule has 0 unspecified atom stereocenters. The second kappa shape index (κ2) is 15.1. The van der Waals surface area contributed by atoms with E-state index in [0.717, 1.165) is 11.1 Å². The number of aliphatic hydroxyl groups is 1. The first kappa shape index (κ1) is 32.1. The van der Waals surface area contributed by atoms with Crippen molar-refractivity contribution in [1.29, 1.82) is 0 Å². The second-order valence-corrected chi connectivity index (χ2v) is 10.9. The van der Waals surface area contributed by atoms with E-state index >= 15 is 0 Å². The number of benzene rings is 2. The Morgan fingerprint density at radius 2 is 1.47 bits per heavy atom. The van der Waals surface area contributed by atoms with Crippen LogP contribution in [0.1, 0.15) is 18.1 Å². The van der Waals surface area contributed by atoms with Gasteiger partial charge in [0.15, 0.2) is 5.78 Å². The minimum atomic E-state index is -1.28. The molecule has 4 N–H and O–H groups in total. The summed E-state index contributed by atoms with van der Waals surface area (Å²) in [4.78, 5) is 54.9. The Kier molecular flexibility index (Phi) is 11.2. The number of carbonyl (C=O) groups excluding carboxylic acids is 4. The number of aliphatic hydroxyl groups excluding tert-OH is 1. The quantitative estimate of drug-likeness (QED) is 0.201. The second-order valence-electron chi connectivity index (χ2n) is 10.9. The van der Waals surface area contributed by atoms with Crippen molar-refractivity contribution < 1.29 is 38.5 Å². The number of epoxide rings is 1. The maximum absolute atomic E-state index is 13.7. The third kappa shape index (κ3) is 9.32. The van der Waals surface area contributed by atoms with E-state index in [1.54, 1.807) is 38.3 Å². The fraction of sp³-hybridized carbons (Fsp3) is 0.484. The molecule has 2 heterocycles. The van der Waals surface area contributed by atoms with Gasteiger partial charge in [0.25, 0.3) is 0 Å². The van der Waals surface area contributed by atoms with Crippen LogP contribution in [0.2, 0.25) is 0 Å². The third-order valence-corrected chi connectivity index (χ3v) is 7.55. The van der Waals surface area contributed by atoms with E-state index in [4.69, 9.17) is 14.2 Å². The molecular formula is C31H40N4O8. The number of rotatable bonds is 15. The Morgan fingerprint density at radius 3 is 2.07 bits per heavy atom. The van der Waals surface area contributed by atoms with E-state index in [0.29, 0.717) is 32.1 Å². The van der Waals surface area contributed by atoms with Crippen LogP contribution < -0.4 is 20.7 Å². The zero-order chi connectivity index (χ0) is 30.8. The normalized spacial score (nSPS) is 20.3. The van der Waals surface area contributed by atoms with Gasteiger partial charge in [0.2, 0.25) is 17.7 Å². The first-order valence-electron chi connectivity index (χ1n) is 14.4. The number of hydrogen-bond acceptors (Lipinski definition) is 9. The van der Waals surface area contributed by atoms with Crippen LogP contribution in [0.3, 0.4) is 0 Å². The van der Waals surface area contributed by atoms with Crippen molar-refractivity contribution in [2.45, 2.75) is 43.5 Å². The molecule has 2 aliphatic heterocycles. The molecule has 232 valence electrons. The number of hydrogen-bond donors (Lipinski definition) is 4.